The van der Waals surface area contributed by atoms with Gasteiger partial charge in [0.05, 0.1) is 18.2 Å². The van der Waals surface area contributed by atoms with E-state index in [1.807, 2.05) is 48.5 Å². The third kappa shape index (κ3) is 5.25. The number of benzene rings is 4. The van der Waals surface area contributed by atoms with Gasteiger partial charge in [-0.1, -0.05) is 42.5 Å². The minimum Gasteiger partial charge on any atom is -0.497 e. The molecule has 0 heterocycles. The number of ether oxygens (including phenoxy) is 2. The Bertz CT molecular complexity index is 1350. The SMILES string of the molecule is COc1cccc(COc2ccc(/C=N\NS(=O)(=O)c3ccc4ccccc4c3)cc2)c1. The third-order valence-electron chi connectivity index (χ3n) is 4.84. The Morgan fingerprint density at radius 3 is 2.41 bits per heavy atom. The summed E-state index contributed by atoms with van der Waals surface area (Å²) in [6, 6.07) is 27.4. The Kier molecular flexibility index (Phi) is 6.37. The maximum Gasteiger partial charge on any atom is 0.276 e. The van der Waals surface area contributed by atoms with Crippen LogP contribution in [-0.2, 0) is 16.6 Å². The number of fused-ring (bicyclic) bond motifs is 1. The van der Waals surface area contributed by atoms with Crippen molar-refractivity contribution in [2.24, 2.45) is 5.10 Å². The lowest BCUT2D eigenvalue weighted by atomic mass is 10.1. The summed E-state index contributed by atoms with van der Waals surface area (Å²) in [4.78, 5) is 2.42. The highest BCUT2D eigenvalue weighted by Gasteiger charge is 2.13. The lowest BCUT2D eigenvalue weighted by molar-refractivity contribution is 0.305. The number of nitrogens with one attached hydrogen (secondary N) is 1. The molecule has 0 fully saturated rings. The molecule has 0 aromatic heterocycles. The lowest BCUT2D eigenvalue weighted by Crippen LogP contribution is -2.18. The first kappa shape index (κ1) is 21.4. The summed E-state index contributed by atoms with van der Waals surface area (Å²) in [5, 5.41) is 5.72. The summed E-state index contributed by atoms with van der Waals surface area (Å²) in [6.07, 6.45) is 1.45. The van der Waals surface area contributed by atoms with Crippen molar-refractivity contribution in [3.8, 4) is 11.5 Å². The second-order valence-corrected chi connectivity index (χ2v) is 8.73. The first-order chi connectivity index (χ1) is 15.5. The predicted molar refractivity (Wildman–Crippen MR) is 126 cm³/mol. The van der Waals surface area contributed by atoms with Crippen molar-refractivity contribution < 1.29 is 17.9 Å². The molecule has 0 atom stereocenters. The number of hydrazone groups is 1. The van der Waals surface area contributed by atoms with Gasteiger partial charge in [-0.2, -0.15) is 13.5 Å². The van der Waals surface area contributed by atoms with E-state index in [-0.39, 0.29) is 4.90 Å². The van der Waals surface area contributed by atoms with Gasteiger partial charge in [0.2, 0.25) is 0 Å². The first-order valence-electron chi connectivity index (χ1n) is 9.93. The number of nitrogens with zero attached hydrogens (tertiary/aromatic N) is 1. The smallest absolute Gasteiger partial charge is 0.276 e. The van der Waals surface area contributed by atoms with E-state index in [2.05, 4.69) is 9.93 Å². The molecule has 0 unspecified atom stereocenters. The van der Waals surface area contributed by atoms with Crippen LogP contribution in [0.15, 0.2) is 101 Å². The number of sulfonamides is 1. The summed E-state index contributed by atoms with van der Waals surface area (Å²) < 4.78 is 36.1. The number of hydrogen-bond donors (Lipinski definition) is 1. The van der Waals surface area contributed by atoms with Crippen LogP contribution in [0.1, 0.15) is 11.1 Å². The summed E-state index contributed by atoms with van der Waals surface area (Å²) in [6.45, 7) is 0.413. The molecule has 0 aliphatic carbocycles. The van der Waals surface area contributed by atoms with E-state index >= 15 is 0 Å². The number of rotatable bonds is 8. The molecular weight excluding hydrogens is 424 g/mol. The fraction of sp³-hybridized carbons (Fsp3) is 0.0800. The fourth-order valence-corrected chi connectivity index (χ4v) is 3.96. The van der Waals surface area contributed by atoms with Crippen LogP contribution in [0, 0.1) is 0 Å². The Labute approximate surface area is 187 Å². The number of methoxy groups -OCH3 is 1. The minimum atomic E-state index is -3.76. The molecule has 7 heteroatoms. The van der Waals surface area contributed by atoms with Crippen LogP contribution in [0.2, 0.25) is 0 Å². The molecule has 0 radical (unpaired) electrons. The van der Waals surface area contributed by atoms with Crippen LogP contribution in [0.5, 0.6) is 11.5 Å². The zero-order valence-corrected chi connectivity index (χ0v) is 18.2. The van der Waals surface area contributed by atoms with Crippen molar-refractivity contribution in [1.82, 2.24) is 4.83 Å². The van der Waals surface area contributed by atoms with Gasteiger partial charge in [-0.05, 0) is 70.4 Å². The van der Waals surface area contributed by atoms with Gasteiger partial charge in [0.15, 0.2) is 0 Å². The largest absolute Gasteiger partial charge is 0.497 e. The van der Waals surface area contributed by atoms with Crippen LogP contribution in [0.25, 0.3) is 10.8 Å². The van der Waals surface area contributed by atoms with E-state index in [4.69, 9.17) is 9.47 Å². The Hall–Kier alpha value is -3.84. The monoisotopic (exact) mass is 446 g/mol. The van der Waals surface area contributed by atoms with Crippen LogP contribution < -0.4 is 14.3 Å². The van der Waals surface area contributed by atoms with Gasteiger partial charge in [0, 0.05) is 0 Å². The van der Waals surface area contributed by atoms with E-state index in [1.165, 1.54) is 6.21 Å². The Morgan fingerprint density at radius 2 is 1.62 bits per heavy atom. The molecule has 6 nitrogen and oxygen atoms in total. The number of hydrogen-bond acceptors (Lipinski definition) is 5. The quantitative estimate of drug-likeness (QED) is 0.313. The van der Waals surface area contributed by atoms with Gasteiger partial charge in [-0.25, -0.2) is 4.83 Å². The van der Waals surface area contributed by atoms with E-state index in [0.717, 1.165) is 27.6 Å². The normalized spacial score (nSPS) is 11.5. The van der Waals surface area contributed by atoms with Gasteiger partial charge >= 0.3 is 0 Å². The van der Waals surface area contributed by atoms with Gasteiger partial charge in [-0.3, -0.25) is 0 Å². The Balaban J connectivity index is 1.36. The molecular formula is C25H22N2O4S. The highest BCUT2D eigenvalue weighted by Crippen LogP contribution is 2.19. The van der Waals surface area contributed by atoms with Gasteiger partial charge in [0.1, 0.15) is 18.1 Å². The van der Waals surface area contributed by atoms with Gasteiger partial charge in [-0.15, -0.1) is 0 Å². The van der Waals surface area contributed by atoms with Crippen molar-refractivity contribution in [2.45, 2.75) is 11.5 Å². The van der Waals surface area contributed by atoms with Crippen molar-refractivity contribution in [3.63, 3.8) is 0 Å². The summed E-state index contributed by atoms with van der Waals surface area (Å²) >= 11 is 0. The molecule has 4 aromatic rings. The molecule has 4 rings (SSSR count). The minimum absolute atomic E-state index is 0.162. The molecule has 0 amide bonds. The molecule has 0 spiro atoms. The third-order valence-corrected chi connectivity index (χ3v) is 6.06. The van der Waals surface area contributed by atoms with Crippen LogP contribution in [0.3, 0.4) is 0 Å². The summed E-state index contributed by atoms with van der Waals surface area (Å²) in [5.74, 6) is 1.48. The second kappa shape index (κ2) is 9.53. The highest BCUT2D eigenvalue weighted by molar-refractivity contribution is 7.89. The average Bonchev–Trinajstić information content (AvgIpc) is 2.83. The van der Waals surface area contributed by atoms with E-state index in [1.54, 1.807) is 49.6 Å². The highest BCUT2D eigenvalue weighted by atomic mass is 32.2. The molecule has 1 N–H and O–H groups in total. The zero-order valence-electron chi connectivity index (χ0n) is 17.4. The van der Waals surface area contributed by atoms with Crippen LogP contribution in [-0.4, -0.2) is 21.7 Å². The molecule has 0 aliphatic heterocycles. The van der Waals surface area contributed by atoms with Crippen molar-refractivity contribution in [3.05, 3.63) is 102 Å². The van der Waals surface area contributed by atoms with E-state index < -0.39 is 10.0 Å². The lowest BCUT2D eigenvalue weighted by Gasteiger charge is -2.08. The standard InChI is InChI=1S/C25H22N2O4S/c1-30-24-8-4-5-20(15-24)18-31-23-12-9-19(10-13-23)17-26-27-32(28,29)25-14-11-21-6-2-3-7-22(21)16-25/h2-17,27H,18H2,1H3/b26-17-. The molecule has 0 saturated carbocycles. The molecule has 4 aromatic carbocycles. The maximum absolute atomic E-state index is 12.5. The van der Waals surface area contributed by atoms with E-state index in [9.17, 15) is 8.42 Å². The fourth-order valence-electron chi connectivity index (χ4n) is 3.14. The maximum atomic E-state index is 12.5. The van der Waals surface area contributed by atoms with Crippen LogP contribution >= 0.6 is 0 Å². The second-order valence-electron chi connectivity index (χ2n) is 7.07. The van der Waals surface area contributed by atoms with Crippen molar-refractivity contribution in [1.29, 1.82) is 0 Å². The van der Waals surface area contributed by atoms with E-state index in [0.29, 0.717) is 12.4 Å². The first-order valence-corrected chi connectivity index (χ1v) is 11.4. The molecule has 0 bridgehead atoms. The van der Waals surface area contributed by atoms with Gasteiger partial charge < -0.3 is 9.47 Å². The zero-order chi connectivity index (χ0) is 22.4. The van der Waals surface area contributed by atoms with Crippen molar-refractivity contribution >= 4 is 27.0 Å². The van der Waals surface area contributed by atoms with Crippen molar-refractivity contribution in [2.75, 3.05) is 7.11 Å². The molecule has 0 aliphatic rings. The van der Waals surface area contributed by atoms with Gasteiger partial charge in [0.25, 0.3) is 10.0 Å². The molecule has 32 heavy (non-hydrogen) atoms. The summed E-state index contributed by atoms with van der Waals surface area (Å²) in [7, 11) is -2.13. The molecule has 162 valence electrons. The van der Waals surface area contributed by atoms with Crippen LogP contribution in [0.4, 0.5) is 0 Å². The molecule has 0 saturated heterocycles. The average molecular weight is 447 g/mol. The predicted octanol–water partition coefficient (Wildman–Crippen LogP) is 4.74. The topological polar surface area (TPSA) is 77.0 Å². The Morgan fingerprint density at radius 1 is 0.844 bits per heavy atom. The summed E-state index contributed by atoms with van der Waals surface area (Å²) in [5.41, 5.74) is 1.73.